The van der Waals surface area contributed by atoms with Gasteiger partial charge in [0.15, 0.2) is 0 Å². The lowest BCUT2D eigenvalue weighted by Gasteiger charge is -2.36. The molecule has 178 valence electrons. The molecule has 0 aliphatic heterocycles. The maximum Gasteiger partial charge on any atom is 0.306 e. The smallest absolute Gasteiger partial charge is 0.306 e. The highest BCUT2D eigenvalue weighted by atomic mass is 16.4. The van der Waals surface area contributed by atoms with Gasteiger partial charge < -0.3 is 20.5 Å². The number of allylic oxidation sites excluding steroid dienone is 2. The van der Waals surface area contributed by atoms with Crippen molar-refractivity contribution >= 4 is 23.1 Å². The lowest BCUT2D eigenvalue weighted by molar-refractivity contribution is -0.145. The predicted octanol–water partition coefficient (Wildman–Crippen LogP) is 5.19. The third-order valence-electron chi connectivity index (χ3n) is 7.34. The number of hydrogen-bond donors (Lipinski definition) is 4. The van der Waals surface area contributed by atoms with Gasteiger partial charge in [0.2, 0.25) is 0 Å². The number of nitrogens with one attached hydrogen (secondary N) is 2. The van der Waals surface area contributed by atoms with Crippen LogP contribution in [0.5, 0.6) is 0 Å². The Labute approximate surface area is 199 Å². The number of carboxylic acids is 1. The number of amides is 1. The van der Waals surface area contributed by atoms with E-state index in [1.165, 1.54) is 12.3 Å². The monoisotopic (exact) mass is 461 g/mol. The summed E-state index contributed by atoms with van der Waals surface area (Å²) < 4.78 is 0. The number of aromatic nitrogens is 1. The lowest BCUT2D eigenvalue weighted by atomic mass is 9.74. The summed E-state index contributed by atoms with van der Waals surface area (Å²) in [6.45, 7) is 4.49. The number of H-pyrrole nitrogens is 1. The molecule has 0 unspecified atom stereocenters. The van der Waals surface area contributed by atoms with Crippen LogP contribution in [0.3, 0.4) is 0 Å². The van der Waals surface area contributed by atoms with Gasteiger partial charge in [-0.3, -0.25) is 9.59 Å². The second-order valence-electron chi connectivity index (χ2n) is 10.4. The van der Waals surface area contributed by atoms with Crippen LogP contribution in [0.15, 0.2) is 36.5 Å². The van der Waals surface area contributed by atoms with Crippen LogP contribution in [0, 0.1) is 22.7 Å². The number of carbonyl (C=O) groups is 2. The van der Waals surface area contributed by atoms with Gasteiger partial charge in [-0.15, -0.1) is 0 Å². The van der Waals surface area contributed by atoms with Gasteiger partial charge >= 0.3 is 5.97 Å². The number of carboxylic acid groups (broad SMARTS) is 1. The van der Waals surface area contributed by atoms with E-state index in [4.69, 9.17) is 5.26 Å². The van der Waals surface area contributed by atoms with Crippen molar-refractivity contribution in [1.82, 2.24) is 4.98 Å². The first-order valence-electron chi connectivity index (χ1n) is 11.8. The number of anilines is 1. The zero-order chi connectivity index (χ0) is 24.5. The highest BCUT2D eigenvalue weighted by Crippen LogP contribution is 2.44. The summed E-state index contributed by atoms with van der Waals surface area (Å²) in [6, 6.07) is 9.18. The number of carbonyl (C=O) groups excluding carboxylic acids is 1. The Morgan fingerprint density at radius 1 is 1.18 bits per heavy atom. The van der Waals surface area contributed by atoms with E-state index in [9.17, 15) is 19.8 Å². The van der Waals surface area contributed by atoms with Gasteiger partial charge in [-0.1, -0.05) is 32.1 Å². The predicted molar refractivity (Wildman–Crippen MR) is 129 cm³/mol. The molecule has 7 heteroatoms. The molecule has 1 aromatic carbocycles. The standard InChI is InChI=1S/C27H31N3O4/c1-26(2)9-5-18(6-10-26)21-4-3-20(27(34)11-7-19(8-12-27)25(32)33)14-22(21)30-24(31)23-13-17(15-28)16-29-23/h3-5,13-14,16,19,29,34H,6-12H2,1-2H3,(H,30,31)(H,32,33). The maximum atomic E-state index is 13.0. The molecular formula is C27H31N3O4. The average molecular weight is 462 g/mol. The molecule has 1 saturated carbocycles. The van der Waals surface area contributed by atoms with Crippen LogP contribution in [0.1, 0.15) is 86.0 Å². The first-order chi connectivity index (χ1) is 16.1. The summed E-state index contributed by atoms with van der Waals surface area (Å²) in [6.07, 6.45) is 8.12. The molecule has 0 saturated heterocycles. The van der Waals surface area contributed by atoms with E-state index in [0.717, 1.165) is 30.4 Å². The van der Waals surface area contributed by atoms with Crippen LogP contribution in [0.4, 0.5) is 5.69 Å². The number of nitrogens with zero attached hydrogens (tertiary/aromatic N) is 1. The zero-order valence-corrected chi connectivity index (χ0v) is 19.6. The number of aliphatic hydroxyl groups is 1. The molecule has 0 spiro atoms. The fraction of sp³-hybridized carbons (Fsp3) is 0.444. The lowest BCUT2D eigenvalue weighted by Crippen LogP contribution is -2.34. The summed E-state index contributed by atoms with van der Waals surface area (Å²) in [5.41, 5.74) is 3.13. The van der Waals surface area contributed by atoms with Crippen molar-refractivity contribution in [1.29, 1.82) is 5.26 Å². The van der Waals surface area contributed by atoms with Gasteiger partial charge in [-0.05, 0) is 73.6 Å². The molecule has 7 nitrogen and oxygen atoms in total. The number of benzene rings is 1. The van der Waals surface area contributed by atoms with Gasteiger partial charge in [-0.2, -0.15) is 5.26 Å². The molecule has 1 amide bonds. The van der Waals surface area contributed by atoms with Gasteiger partial charge in [-0.25, -0.2) is 0 Å². The molecule has 2 aliphatic carbocycles. The van der Waals surface area contributed by atoms with Crippen LogP contribution in [0.2, 0.25) is 0 Å². The van der Waals surface area contributed by atoms with E-state index in [1.54, 1.807) is 0 Å². The second-order valence-corrected chi connectivity index (χ2v) is 10.4. The minimum Gasteiger partial charge on any atom is -0.481 e. The highest BCUT2D eigenvalue weighted by Gasteiger charge is 2.37. The van der Waals surface area contributed by atoms with E-state index >= 15 is 0 Å². The molecule has 34 heavy (non-hydrogen) atoms. The van der Waals surface area contributed by atoms with E-state index in [1.807, 2.05) is 24.3 Å². The van der Waals surface area contributed by atoms with Crippen LogP contribution >= 0.6 is 0 Å². The number of aromatic amines is 1. The first-order valence-corrected chi connectivity index (χ1v) is 11.8. The average Bonchev–Trinajstić information content (AvgIpc) is 3.29. The molecular weight excluding hydrogens is 430 g/mol. The van der Waals surface area contributed by atoms with Crippen molar-refractivity contribution in [2.75, 3.05) is 5.32 Å². The van der Waals surface area contributed by atoms with Crippen LogP contribution in [0.25, 0.3) is 5.57 Å². The molecule has 2 aliphatic rings. The first kappa shape index (κ1) is 23.8. The van der Waals surface area contributed by atoms with Crippen molar-refractivity contribution in [2.45, 2.75) is 64.4 Å². The second kappa shape index (κ2) is 9.11. The number of nitriles is 1. The number of rotatable bonds is 5. The molecule has 0 bridgehead atoms. The third kappa shape index (κ3) is 4.92. The van der Waals surface area contributed by atoms with Crippen molar-refractivity contribution in [3.05, 3.63) is 58.9 Å². The fourth-order valence-electron chi connectivity index (χ4n) is 4.95. The quantitative estimate of drug-likeness (QED) is 0.487. The zero-order valence-electron chi connectivity index (χ0n) is 19.6. The molecule has 4 N–H and O–H groups in total. The Morgan fingerprint density at radius 2 is 1.91 bits per heavy atom. The van der Waals surface area contributed by atoms with E-state index in [0.29, 0.717) is 42.5 Å². The largest absolute Gasteiger partial charge is 0.481 e. The molecule has 1 fully saturated rings. The Bertz CT molecular complexity index is 1180. The molecule has 4 rings (SSSR count). The normalized spacial score (nSPS) is 24.1. The minimum absolute atomic E-state index is 0.239. The Balaban J connectivity index is 1.67. The molecule has 0 radical (unpaired) electrons. The van der Waals surface area contributed by atoms with E-state index in [-0.39, 0.29) is 17.0 Å². The number of hydrogen-bond acceptors (Lipinski definition) is 4. The summed E-state index contributed by atoms with van der Waals surface area (Å²) in [5.74, 6) is -1.62. The van der Waals surface area contributed by atoms with E-state index in [2.05, 4.69) is 30.2 Å². The molecule has 1 heterocycles. The van der Waals surface area contributed by atoms with Crippen LogP contribution < -0.4 is 5.32 Å². The molecule has 0 atom stereocenters. The van der Waals surface area contributed by atoms with Crippen LogP contribution in [-0.4, -0.2) is 27.1 Å². The maximum absolute atomic E-state index is 13.0. The van der Waals surface area contributed by atoms with Crippen molar-refractivity contribution in [3.63, 3.8) is 0 Å². The highest BCUT2D eigenvalue weighted by molar-refractivity contribution is 6.04. The van der Waals surface area contributed by atoms with Gasteiger partial charge in [0, 0.05) is 17.4 Å². The molecule has 1 aromatic heterocycles. The minimum atomic E-state index is -1.13. The van der Waals surface area contributed by atoms with Crippen LogP contribution in [-0.2, 0) is 10.4 Å². The Hall–Kier alpha value is -3.37. The fourth-order valence-corrected chi connectivity index (χ4v) is 4.95. The summed E-state index contributed by atoms with van der Waals surface area (Å²) >= 11 is 0. The third-order valence-corrected chi connectivity index (χ3v) is 7.34. The van der Waals surface area contributed by atoms with Crippen molar-refractivity contribution < 1.29 is 19.8 Å². The van der Waals surface area contributed by atoms with Gasteiger partial charge in [0.25, 0.3) is 5.91 Å². The summed E-state index contributed by atoms with van der Waals surface area (Å²) in [5, 5.41) is 32.7. The van der Waals surface area contributed by atoms with Gasteiger partial charge in [0.05, 0.1) is 17.1 Å². The molecule has 2 aromatic rings. The van der Waals surface area contributed by atoms with E-state index < -0.39 is 17.5 Å². The van der Waals surface area contributed by atoms with Crippen molar-refractivity contribution in [3.8, 4) is 6.07 Å². The summed E-state index contributed by atoms with van der Waals surface area (Å²) in [7, 11) is 0. The Kier molecular flexibility index (Phi) is 6.37. The Morgan fingerprint density at radius 3 is 2.50 bits per heavy atom. The topological polar surface area (TPSA) is 126 Å². The number of aliphatic carboxylic acids is 1. The SMILES string of the molecule is CC1(C)CC=C(c2ccc(C3(O)CCC(C(=O)O)CC3)cc2NC(=O)c2cc(C#N)c[nH]2)CC1. The van der Waals surface area contributed by atoms with Gasteiger partial charge in [0.1, 0.15) is 11.8 Å². The summed E-state index contributed by atoms with van der Waals surface area (Å²) in [4.78, 5) is 27.1. The van der Waals surface area contributed by atoms with Crippen molar-refractivity contribution in [2.24, 2.45) is 11.3 Å².